The third-order valence-electron chi connectivity index (χ3n) is 4.65. The van der Waals surface area contributed by atoms with Gasteiger partial charge < -0.3 is 19.6 Å². The number of hydrogen-bond acceptors (Lipinski definition) is 4. The Balaban J connectivity index is 2.40. The molecule has 7 heteroatoms. The van der Waals surface area contributed by atoms with Crippen LogP contribution in [0.25, 0.3) is 0 Å². The fourth-order valence-corrected chi connectivity index (χ4v) is 3.04. The second kappa shape index (κ2) is 9.85. The molecule has 0 saturated heterocycles. The molecule has 0 aliphatic rings. The third kappa shape index (κ3) is 7.68. The lowest BCUT2D eigenvalue weighted by Gasteiger charge is -2.36. The highest BCUT2D eigenvalue weighted by atomic mass is 28.4. The summed E-state index contributed by atoms with van der Waals surface area (Å²) in [4.78, 5) is 23.3. The Kier molecular flexibility index (Phi) is 8.46. The molecule has 1 amide bonds. The van der Waals surface area contributed by atoms with Crippen molar-refractivity contribution < 1.29 is 23.9 Å². The van der Waals surface area contributed by atoms with Crippen molar-refractivity contribution in [3.8, 4) is 0 Å². The SMILES string of the molecule is CC(C)(C)[Si](C)(C)OCC[C@@H](NC(=O)COCc1ccccc1)C(=O)O. The monoisotopic (exact) mass is 381 g/mol. The first-order chi connectivity index (χ1) is 12.0. The maximum Gasteiger partial charge on any atom is 0.326 e. The zero-order valence-corrected chi connectivity index (χ0v) is 17.4. The second-order valence-corrected chi connectivity index (χ2v) is 12.6. The predicted molar refractivity (Wildman–Crippen MR) is 103 cm³/mol. The molecular formula is C19H31NO5Si. The molecule has 0 saturated carbocycles. The van der Waals surface area contributed by atoms with E-state index in [1.807, 2.05) is 30.3 Å². The summed E-state index contributed by atoms with van der Waals surface area (Å²) in [6.45, 7) is 11.0. The first-order valence-electron chi connectivity index (χ1n) is 8.81. The van der Waals surface area contributed by atoms with E-state index in [0.717, 1.165) is 5.56 Å². The van der Waals surface area contributed by atoms with Gasteiger partial charge in [0.1, 0.15) is 12.6 Å². The van der Waals surface area contributed by atoms with Crippen molar-refractivity contribution in [1.29, 1.82) is 0 Å². The summed E-state index contributed by atoms with van der Waals surface area (Å²) >= 11 is 0. The summed E-state index contributed by atoms with van der Waals surface area (Å²) in [5, 5.41) is 11.9. The van der Waals surface area contributed by atoms with Crippen LogP contribution in [-0.4, -0.2) is 44.6 Å². The van der Waals surface area contributed by atoms with Gasteiger partial charge in [-0.05, 0) is 23.7 Å². The average molecular weight is 382 g/mol. The number of hydrogen-bond donors (Lipinski definition) is 2. The standard InChI is InChI=1S/C19H31NO5Si/c1-19(2,3)26(4,5)25-12-11-16(18(22)23)20-17(21)14-24-13-15-9-7-6-8-10-15/h6-10,16H,11-14H2,1-5H3,(H,20,21)(H,22,23)/t16-/m1/s1. The van der Waals surface area contributed by atoms with Gasteiger partial charge >= 0.3 is 5.97 Å². The molecule has 0 fully saturated rings. The van der Waals surface area contributed by atoms with Crippen LogP contribution >= 0.6 is 0 Å². The minimum atomic E-state index is -1.94. The number of rotatable bonds is 10. The fraction of sp³-hybridized carbons (Fsp3) is 0.579. The van der Waals surface area contributed by atoms with Gasteiger partial charge in [0.05, 0.1) is 6.61 Å². The quantitative estimate of drug-likeness (QED) is 0.608. The molecule has 0 aliphatic heterocycles. The lowest BCUT2D eigenvalue weighted by atomic mass is 10.2. The molecule has 2 N–H and O–H groups in total. The van der Waals surface area contributed by atoms with Gasteiger partial charge in [0.25, 0.3) is 0 Å². The van der Waals surface area contributed by atoms with Gasteiger partial charge in [-0.3, -0.25) is 4.79 Å². The van der Waals surface area contributed by atoms with Gasteiger partial charge in [0, 0.05) is 13.0 Å². The minimum Gasteiger partial charge on any atom is -0.480 e. The van der Waals surface area contributed by atoms with E-state index in [1.54, 1.807) is 0 Å². The maximum atomic E-state index is 11.9. The predicted octanol–water partition coefficient (Wildman–Crippen LogP) is 3.18. The van der Waals surface area contributed by atoms with Crippen LogP contribution in [0.3, 0.4) is 0 Å². The summed E-state index contributed by atoms with van der Waals surface area (Å²) in [6, 6.07) is 8.50. The Bertz CT molecular complexity index is 583. The lowest BCUT2D eigenvalue weighted by molar-refractivity contribution is -0.143. The van der Waals surface area contributed by atoms with Crippen LogP contribution in [0.2, 0.25) is 18.1 Å². The molecule has 0 radical (unpaired) electrons. The zero-order chi connectivity index (χ0) is 19.8. The summed E-state index contributed by atoms with van der Waals surface area (Å²) < 4.78 is 11.3. The molecule has 0 aliphatic carbocycles. The molecule has 1 aromatic rings. The maximum absolute atomic E-state index is 11.9. The fourth-order valence-electron chi connectivity index (χ4n) is 1.98. The summed E-state index contributed by atoms with van der Waals surface area (Å²) in [6.07, 6.45) is 0.228. The van der Waals surface area contributed by atoms with Crippen molar-refractivity contribution in [2.24, 2.45) is 0 Å². The van der Waals surface area contributed by atoms with Crippen molar-refractivity contribution in [2.45, 2.75) is 58.0 Å². The Morgan fingerprint density at radius 2 is 1.81 bits per heavy atom. The molecule has 0 spiro atoms. The summed E-state index contributed by atoms with van der Waals surface area (Å²) in [5.74, 6) is -1.51. The van der Waals surface area contributed by atoms with Crippen LogP contribution in [0.5, 0.6) is 0 Å². The number of amides is 1. The van der Waals surface area contributed by atoms with Gasteiger partial charge in [-0.25, -0.2) is 4.79 Å². The summed E-state index contributed by atoms with van der Waals surface area (Å²) in [7, 11) is -1.94. The molecule has 0 heterocycles. The highest BCUT2D eigenvalue weighted by Crippen LogP contribution is 2.36. The largest absolute Gasteiger partial charge is 0.480 e. The van der Waals surface area contributed by atoms with E-state index in [-0.39, 0.29) is 18.1 Å². The number of aliphatic carboxylic acids is 1. The number of carboxylic acids is 1. The number of carbonyl (C=O) groups is 2. The van der Waals surface area contributed by atoms with Gasteiger partial charge in [-0.1, -0.05) is 51.1 Å². The van der Waals surface area contributed by atoms with Crippen LogP contribution in [0.4, 0.5) is 0 Å². The molecular weight excluding hydrogens is 350 g/mol. The number of benzene rings is 1. The van der Waals surface area contributed by atoms with Crippen LogP contribution in [0, 0.1) is 0 Å². The smallest absolute Gasteiger partial charge is 0.326 e. The van der Waals surface area contributed by atoms with E-state index in [0.29, 0.717) is 13.2 Å². The first kappa shape index (κ1) is 22.3. The Morgan fingerprint density at radius 1 is 1.19 bits per heavy atom. The molecule has 6 nitrogen and oxygen atoms in total. The molecule has 146 valence electrons. The Morgan fingerprint density at radius 3 is 2.35 bits per heavy atom. The van der Waals surface area contributed by atoms with E-state index in [4.69, 9.17) is 9.16 Å². The molecule has 0 bridgehead atoms. The zero-order valence-electron chi connectivity index (χ0n) is 16.4. The van der Waals surface area contributed by atoms with Crippen molar-refractivity contribution in [1.82, 2.24) is 5.32 Å². The van der Waals surface area contributed by atoms with Crippen molar-refractivity contribution in [3.05, 3.63) is 35.9 Å². The van der Waals surface area contributed by atoms with Crippen molar-refractivity contribution in [2.75, 3.05) is 13.2 Å². The topological polar surface area (TPSA) is 84.9 Å². The molecule has 0 aromatic heterocycles. The van der Waals surface area contributed by atoms with Gasteiger partial charge in [-0.2, -0.15) is 0 Å². The molecule has 26 heavy (non-hydrogen) atoms. The Hall–Kier alpha value is -1.70. The second-order valence-electron chi connectivity index (χ2n) is 7.83. The van der Waals surface area contributed by atoms with E-state index < -0.39 is 26.2 Å². The number of carbonyl (C=O) groups excluding carboxylic acids is 1. The highest BCUT2D eigenvalue weighted by molar-refractivity contribution is 6.74. The number of carboxylic acid groups (broad SMARTS) is 1. The van der Waals surface area contributed by atoms with Crippen LogP contribution in [0.1, 0.15) is 32.8 Å². The highest BCUT2D eigenvalue weighted by Gasteiger charge is 2.37. The lowest BCUT2D eigenvalue weighted by Crippen LogP contribution is -2.45. The van der Waals surface area contributed by atoms with Gasteiger partial charge in [0.2, 0.25) is 5.91 Å². The van der Waals surface area contributed by atoms with Crippen LogP contribution < -0.4 is 5.32 Å². The van der Waals surface area contributed by atoms with Gasteiger partial charge in [-0.15, -0.1) is 0 Å². The molecule has 1 aromatic carbocycles. The van der Waals surface area contributed by atoms with Gasteiger partial charge in [0.15, 0.2) is 8.32 Å². The number of nitrogens with one attached hydrogen (secondary N) is 1. The van der Waals surface area contributed by atoms with E-state index in [9.17, 15) is 14.7 Å². The normalized spacial score (nSPS) is 13.3. The van der Waals surface area contributed by atoms with E-state index in [2.05, 4.69) is 39.2 Å². The molecule has 1 rings (SSSR count). The van der Waals surface area contributed by atoms with Crippen LogP contribution in [-0.2, 0) is 25.4 Å². The van der Waals surface area contributed by atoms with Crippen LogP contribution in [0.15, 0.2) is 30.3 Å². The minimum absolute atomic E-state index is 0.0558. The Labute approximate surface area is 157 Å². The average Bonchev–Trinajstić information content (AvgIpc) is 2.53. The third-order valence-corrected chi connectivity index (χ3v) is 9.19. The molecule has 1 atom stereocenters. The van der Waals surface area contributed by atoms with E-state index in [1.165, 1.54) is 0 Å². The number of ether oxygens (including phenoxy) is 1. The first-order valence-corrected chi connectivity index (χ1v) is 11.7. The summed E-state index contributed by atoms with van der Waals surface area (Å²) in [5.41, 5.74) is 0.956. The van der Waals surface area contributed by atoms with Crippen molar-refractivity contribution in [3.63, 3.8) is 0 Å². The molecule has 0 unspecified atom stereocenters. The van der Waals surface area contributed by atoms with Crippen molar-refractivity contribution >= 4 is 20.2 Å². The van der Waals surface area contributed by atoms with E-state index >= 15 is 0 Å².